The Bertz CT molecular complexity index is 539. The number of carbonyl (C=O) groups excluding carboxylic acids is 1. The summed E-state index contributed by atoms with van der Waals surface area (Å²) in [4.78, 5) is 23.6. The van der Waals surface area contributed by atoms with E-state index in [4.69, 9.17) is 10.8 Å². The van der Waals surface area contributed by atoms with Gasteiger partial charge in [0.1, 0.15) is 0 Å². The fourth-order valence-corrected chi connectivity index (χ4v) is 3.00. The number of carbonyl (C=O) groups is 2. The lowest BCUT2D eigenvalue weighted by Crippen LogP contribution is -2.40. The number of benzene rings is 1. The molecular weight excluding hydrogens is 324 g/mol. The summed E-state index contributed by atoms with van der Waals surface area (Å²) in [6.45, 7) is 0.287. The molecule has 6 heteroatoms. The standard InChI is InChI=1S/C14H17BrN2O3/c15-9-3-4-10(12(18)19)11(7-9)17-13(20)14(8-16)5-1-2-6-14/h3-4,7H,1-2,5-6,8,16H2,(H,17,20)(H,18,19). The van der Waals surface area contributed by atoms with Crippen LogP contribution in [0.4, 0.5) is 5.69 Å². The van der Waals surface area contributed by atoms with Crippen molar-refractivity contribution in [1.82, 2.24) is 0 Å². The molecule has 0 saturated heterocycles. The minimum Gasteiger partial charge on any atom is -0.478 e. The van der Waals surface area contributed by atoms with Crippen LogP contribution in [-0.2, 0) is 4.79 Å². The van der Waals surface area contributed by atoms with E-state index in [0.717, 1.165) is 25.7 Å². The number of carboxylic acid groups (broad SMARTS) is 1. The summed E-state index contributed by atoms with van der Waals surface area (Å²) in [6, 6.07) is 4.69. The first-order valence-electron chi connectivity index (χ1n) is 6.53. The van der Waals surface area contributed by atoms with Gasteiger partial charge in [-0.1, -0.05) is 28.8 Å². The molecule has 0 heterocycles. The number of amides is 1. The van der Waals surface area contributed by atoms with Crippen molar-refractivity contribution in [2.45, 2.75) is 25.7 Å². The first kappa shape index (κ1) is 15.0. The average Bonchev–Trinajstić information content (AvgIpc) is 2.88. The first-order valence-corrected chi connectivity index (χ1v) is 7.32. The average molecular weight is 341 g/mol. The number of aromatic carboxylic acids is 1. The minimum absolute atomic E-state index is 0.0757. The molecule has 1 aromatic carbocycles. The van der Waals surface area contributed by atoms with Gasteiger partial charge in [-0.3, -0.25) is 4.79 Å². The van der Waals surface area contributed by atoms with Crippen LogP contribution in [0.3, 0.4) is 0 Å². The van der Waals surface area contributed by atoms with E-state index in [1.807, 2.05) is 0 Å². The van der Waals surface area contributed by atoms with Gasteiger partial charge in [0.25, 0.3) is 0 Å². The van der Waals surface area contributed by atoms with Gasteiger partial charge in [-0.2, -0.15) is 0 Å². The van der Waals surface area contributed by atoms with E-state index in [9.17, 15) is 9.59 Å². The smallest absolute Gasteiger partial charge is 0.337 e. The van der Waals surface area contributed by atoms with Gasteiger partial charge < -0.3 is 16.2 Å². The van der Waals surface area contributed by atoms with Gasteiger partial charge in [0, 0.05) is 11.0 Å². The molecule has 4 N–H and O–H groups in total. The lowest BCUT2D eigenvalue weighted by atomic mass is 9.85. The molecule has 1 aromatic rings. The van der Waals surface area contributed by atoms with Crippen LogP contribution in [0, 0.1) is 5.41 Å². The fraction of sp³-hybridized carbons (Fsp3) is 0.429. The molecule has 0 aromatic heterocycles. The molecule has 1 amide bonds. The van der Waals surface area contributed by atoms with Crippen molar-refractivity contribution in [2.75, 3.05) is 11.9 Å². The van der Waals surface area contributed by atoms with Crippen LogP contribution in [0.2, 0.25) is 0 Å². The Kier molecular flexibility index (Phi) is 4.45. The van der Waals surface area contributed by atoms with Gasteiger partial charge in [-0.25, -0.2) is 4.79 Å². The Morgan fingerprint density at radius 3 is 2.55 bits per heavy atom. The maximum atomic E-state index is 12.5. The van der Waals surface area contributed by atoms with E-state index in [0.29, 0.717) is 10.2 Å². The summed E-state index contributed by atoms with van der Waals surface area (Å²) in [7, 11) is 0. The van der Waals surface area contributed by atoms with Crippen molar-refractivity contribution in [3.05, 3.63) is 28.2 Å². The molecule has 0 unspecified atom stereocenters. The summed E-state index contributed by atoms with van der Waals surface area (Å²) in [5.74, 6) is -1.25. The van der Waals surface area contributed by atoms with Crippen LogP contribution in [0.5, 0.6) is 0 Å². The van der Waals surface area contributed by atoms with Crippen LogP contribution in [0.15, 0.2) is 22.7 Å². The van der Waals surface area contributed by atoms with Crippen LogP contribution in [0.1, 0.15) is 36.0 Å². The van der Waals surface area contributed by atoms with E-state index in [-0.39, 0.29) is 18.0 Å². The molecule has 0 spiro atoms. The van der Waals surface area contributed by atoms with Crippen molar-refractivity contribution < 1.29 is 14.7 Å². The van der Waals surface area contributed by atoms with Crippen LogP contribution < -0.4 is 11.1 Å². The molecule has 1 aliphatic rings. The molecule has 5 nitrogen and oxygen atoms in total. The number of nitrogens with two attached hydrogens (primary N) is 1. The molecule has 1 saturated carbocycles. The predicted molar refractivity (Wildman–Crippen MR) is 79.7 cm³/mol. The number of nitrogens with one attached hydrogen (secondary N) is 1. The van der Waals surface area contributed by atoms with Crippen molar-refractivity contribution in [1.29, 1.82) is 0 Å². The van der Waals surface area contributed by atoms with Crippen molar-refractivity contribution >= 4 is 33.5 Å². The third-order valence-corrected chi connectivity index (χ3v) is 4.39. The number of anilines is 1. The summed E-state index contributed by atoms with van der Waals surface area (Å²) < 4.78 is 0.714. The van der Waals surface area contributed by atoms with E-state index in [1.165, 1.54) is 6.07 Å². The monoisotopic (exact) mass is 340 g/mol. The zero-order valence-corrected chi connectivity index (χ0v) is 12.6. The number of carboxylic acids is 1. The van der Waals surface area contributed by atoms with Gasteiger partial charge in [0.2, 0.25) is 5.91 Å². The van der Waals surface area contributed by atoms with Crippen LogP contribution in [0.25, 0.3) is 0 Å². The van der Waals surface area contributed by atoms with Gasteiger partial charge >= 0.3 is 5.97 Å². The Morgan fingerprint density at radius 2 is 2.00 bits per heavy atom. The minimum atomic E-state index is -1.07. The molecule has 2 rings (SSSR count). The van der Waals surface area contributed by atoms with E-state index >= 15 is 0 Å². The maximum Gasteiger partial charge on any atom is 0.337 e. The predicted octanol–water partition coefficient (Wildman–Crippen LogP) is 2.60. The molecule has 0 radical (unpaired) electrons. The first-order chi connectivity index (χ1) is 9.48. The number of halogens is 1. The van der Waals surface area contributed by atoms with E-state index in [2.05, 4.69) is 21.2 Å². The highest BCUT2D eigenvalue weighted by atomic mass is 79.9. The van der Waals surface area contributed by atoms with Gasteiger partial charge in [0.15, 0.2) is 0 Å². The van der Waals surface area contributed by atoms with Gasteiger partial charge in [-0.15, -0.1) is 0 Å². The second-order valence-corrected chi connectivity index (χ2v) is 6.06. The normalized spacial score (nSPS) is 16.9. The van der Waals surface area contributed by atoms with E-state index in [1.54, 1.807) is 12.1 Å². The second kappa shape index (κ2) is 5.93. The van der Waals surface area contributed by atoms with Crippen LogP contribution in [-0.4, -0.2) is 23.5 Å². The second-order valence-electron chi connectivity index (χ2n) is 5.14. The van der Waals surface area contributed by atoms with Gasteiger partial charge in [0.05, 0.1) is 16.7 Å². The van der Waals surface area contributed by atoms with Crippen molar-refractivity contribution in [3.63, 3.8) is 0 Å². The molecule has 1 fully saturated rings. The molecule has 0 bridgehead atoms. The maximum absolute atomic E-state index is 12.5. The summed E-state index contributed by atoms with van der Waals surface area (Å²) >= 11 is 3.28. The highest BCUT2D eigenvalue weighted by molar-refractivity contribution is 9.10. The Balaban J connectivity index is 2.27. The molecule has 0 aliphatic heterocycles. The highest BCUT2D eigenvalue weighted by Crippen LogP contribution is 2.38. The molecule has 1 aliphatic carbocycles. The van der Waals surface area contributed by atoms with Crippen LogP contribution >= 0.6 is 15.9 Å². The number of rotatable bonds is 4. The Hall–Kier alpha value is -1.40. The van der Waals surface area contributed by atoms with E-state index < -0.39 is 11.4 Å². The Labute approximate surface area is 125 Å². The summed E-state index contributed by atoms with van der Waals surface area (Å²) in [5, 5.41) is 11.9. The third kappa shape index (κ3) is 2.86. The van der Waals surface area contributed by atoms with Gasteiger partial charge in [-0.05, 0) is 31.0 Å². The molecular formula is C14H17BrN2O3. The highest BCUT2D eigenvalue weighted by Gasteiger charge is 2.40. The number of hydrogen-bond acceptors (Lipinski definition) is 3. The SMILES string of the molecule is NCC1(C(=O)Nc2cc(Br)ccc2C(=O)O)CCCC1. The topological polar surface area (TPSA) is 92.4 Å². The quantitative estimate of drug-likeness (QED) is 0.785. The Morgan fingerprint density at radius 1 is 1.35 bits per heavy atom. The molecule has 20 heavy (non-hydrogen) atoms. The third-order valence-electron chi connectivity index (χ3n) is 3.89. The summed E-state index contributed by atoms with van der Waals surface area (Å²) in [5.41, 5.74) is 5.59. The number of hydrogen-bond donors (Lipinski definition) is 3. The van der Waals surface area contributed by atoms with Crippen molar-refractivity contribution in [2.24, 2.45) is 11.1 Å². The zero-order chi connectivity index (χ0) is 14.8. The largest absolute Gasteiger partial charge is 0.478 e. The molecule has 108 valence electrons. The lowest BCUT2D eigenvalue weighted by Gasteiger charge is -2.26. The molecule has 0 atom stereocenters. The lowest BCUT2D eigenvalue weighted by molar-refractivity contribution is -0.124. The van der Waals surface area contributed by atoms with Crippen molar-refractivity contribution in [3.8, 4) is 0 Å². The zero-order valence-electron chi connectivity index (χ0n) is 11.0. The fourth-order valence-electron chi connectivity index (χ4n) is 2.64. The summed E-state index contributed by atoms with van der Waals surface area (Å²) in [6.07, 6.45) is 3.47.